The normalized spacial score (nSPS) is 23.9. The van der Waals surface area contributed by atoms with Crippen LogP contribution in [0.3, 0.4) is 0 Å². The molecule has 0 aliphatic carbocycles. The van der Waals surface area contributed by atoms with Gasteiger partial charge in [-0.05, 0) is 38.0 Å². The maximum Gasteiger partial charge on any atom is 0.410 e. The Labute approximate surface area is 181 Å². The quantitative estimate of drug-likeness (QED) is 0.516. The van der Waals surface area contributed by atoms with E-state index in [1.807, 2.05) is 32.9 Å². The fourth-order valence-corrected chi connectivity index (χ4v) is 4.03. The molecule has 1 aromatic carbocycles. The molecule has 4 rings (SSSR count). The van der Waals surface area contributed by atoms with Crippen LogP contribution in [0.2, 0.25) is 0 Å². The summed E-state index contributed by atoms with van der Waals surface area (Å²) in [6.07, 6.45) is 8.47. The number of cyclic esters (lactones) is 1. The molecule has 0 spiro atoms. The van der Waals surface area contributed by atoms with Crippen LogP contribution in [-0.2, 0) is 20.6 Å². The Morgan fingerprint density at radius 3 is 2.73 bits per heavy atom. The number of esters is 1. The number of ether oxygens (including phenoxy) is 3. The van der Waals surface area contributed by atoms with Crippen LogP contribution in [0.25, 0.3) is 0 Å². The topological polar surface area (TPSA) is 68.3 Å². The van der Waals surface area contributed by atoms with Gasteiger partial charge in [-0.2, -0.15) is 0 Å². The van der Waals surface area contributed by atoms with Gasteiger partial charge in [-0.15, -0.1) is 12.8 Å². The first-order valence-corrected chi connectivity index (χ1v) is 10.3. The highest BCUT2D eigenvalue weighted by molar-refractivity contribution is 5.92. The zero-order valence-corrected chi connectivity index (χ0v) is 17.9. The number of rotatable bonds is 1. The molecule has 3 aliphatic heterocycles. The van der Waals surface area contributed by atoms with E-state index in [9.17, 15) is 9.59 Å². The van der Waals surface area contributed by atoms with Crippen molar-refractivity contribution in [1.82, 2.24) is 9.80 Å². The third-order valence-electron chi connectivity index (χ3n) is 5.47. The molecule has 7 heteroatoms. The smallest absolute Gasteiger partial charge is 0.410 e. The number of hydrogen-bond donors (Lipinski definition) is 0. The lowest BCUT2D eigenvalue weighted by Gasteiger charge is -2.46. The molecular formula is C23H34N2O5. The summed E-state index contributed by atoms with van der Waals surface area (Å²) < 4.78 is 16.7. The van der Waals surface area contributed by atoms with Gasteiger partial charge in [-0.1, -0.05) is 12.1 Å². The van der Waals surface area contributed by atoms with Crippen LogP contribution in [0, 0.1) is 12.8 Å². The van der Waals surface area contributed by atoms with E-state index in [1.54, 1.807) is 4.90 Å². The second-order valence-corrected chi connectivity index (χ2v) is 8.70. The lowest BCUT2D eigenvalue weighted by atomic mass is 9.96. The summed E-state index contributed by atoms with van der Waals surface area (Å²) in [5.41, 5.74) is 2.31. The van der Waals surface area contributed by atoms with E-state index in [4.69, 9.17) is 14.2 Å². The van der Waals surface area contributed by atoms with Gasteiger partial charge < -0.3 is 19.1 Å². The van der Waals surface area contributed by atoms with Gasteiger partial charge in [0.05, 0.1) is 30.9 Å². The van der Waals surface area contributed by atoms with Gasteiger partial charge in [0.2, 0.25) is 0 Å². The summed E-state index contributed by atoms with van der Waals surface area (Å²) in [6.45, 7) is 9.54. The maximum absolute atomic E-state index is 12.3. The second kappa shape index (κ2) is 9.07. The minimum absolute atomic E-state index is 0. The second-order valence-electron chi connectivity index (χ2n) is 8.70. The zero-order valence-electron chi connectivity index (χ0n) is 17.9. The average Bonchev–Trinajstić information content (AvgIpc) is 2.73. The predicted molar refractivity (Wildman–Crippen MR) is 116 cm³/mol. The number of piperazine rings is 1. The Morgan fingerprint density at radius 1 is 1.23 bits per heavy atom. The summed E-state index contributed by atoms with van der Waals surface area (Å²) in [5.74, 6) is -0.240. The van der Waals surface area contributed by atoms with Gasteiger partial charge in [-0.25, -0.2) is 9.59 Å². The fraction of sp³-hybridized carbons (Fsp3) is 0.565. The van der Waals surface area contributed by atoms with Crippen LogP contribution in [0.15, 0.2) is 18.2 Å². The van der Waals surface area contributed by atoms with E-state index in [-0.39, 0.29) is 27.1 Å². The molecule has 0 bridgehead atoms. The summed E-state index contributed by atoms with van der Waals surface area (Å²) >= 11 is 0. The van der Waals surface area contributed by atoms with Gasteiger partial charge in [0, 0.05) is 35.5 Å². The van der Waals surface area contributed by atoms with Gasteiger partial charge in [0.15, 0.2) is 0 Å². The van der Waals surface area contributed by atoms with E-state index < -0.39 is 5.60 Å². The molecule has 2 atom stereocenters. The first kappa shape index (κ1) is 22.1. The van der Waals surface area contributed by atoms with Gasteiger partial charge in [-0.3, -0.25) is 4.90 Å². The summed E-state index contributed by atoms with van der Waals surface area (Å²) in [4.78, 5) is 28.3. The molecule has 0 N–H and O–H groups in total. The van der Waals surface area contributed by atoms with Gasteiger partial charge in [0.1, 0.15) is 5.60 Å². The van der Waals surface area contributed by atoms with Gasteiger partial charge >= 0.3 is 12.1 Å². The highest BCUT2D eigenvalue weighted by Crippen LogP contribution is 2.29. The number of carbonyl (C=O) groups excluding carboxylic acids is 2. The van der Waals surface area contributed by atoms with E-state index in [0.29, 0.717) is 31.9 Å². The molecule has 0 radical (unpaired) electrons. The van der Waals surface area contributed by atoms with E-state index in [2.05, 4.69) is 23.8 Å². The molecule has 1 amide bonds. The summed E-state index contributed by atoms with van der Waals surface area (Å²) in [7, 11) is 0. The molecule has 1 aromatic rings. The lowest BCUT2D eigenvalue weighted by Crippen LogP contribution is -2.60. The molecule has 7 nitrogen and oxygen atoms in total. The number of terminal acetylenes is 1. The largest absolute Gasteiger partial charge is 0.462 e. The Kier molecular flexibility index (Phi) is 6.69. The molecular weight excluding hydrogens is 384 g/mol. The van der Waals surface area contributed by atoms with Crippen molar-refractivity contribution in [2.24, 2.45) is 0 Å². The van der Waals surface area contributed by atoms with Crippen molar-refractivity contribution in [2.75, 3.05) is 39.4 Å². The summed E-state index contributed by atoms with van der Waals surface area (Å²) in [6, 6.07) is 6.08. The predicted octanol–water partition coefficient (Wildman–Crippen LogP) is 3.13. The molecule has 0 saturated carbocycles. The Morgan fingerprint density at radius 2 is 2.00 bits per heavy atom. The third-order valence-corrected chi connectivity index (χ3v) is 5.47. The first-order valence-electron chi connectivity index (χ1n) is 10.3. The van der Waals surface area contributed by atoms with Crippen LogP contribution in [0.4, 0.5) is 4.79 Å². The van der Waals surface area contributed by atoms with Crippen LogP contribution in [0.1, 0.15) is 51.2 Å². The first-order chi connectivity index (χ1) is 14.3. The molecule has 30 heavy (non-hydrogen) atoms. The van der Waals surface area contributed by atoms with Crippen molar-refractivity contribution in [3.63, 3.8) is 0 Å². The number of carbonyl (C=O) groups is 2. The number of hydrogen-bond acceptors (Lipinski definition) is 6. The summed E-state index contributed by atoms with van der Waals surface area (Å²) in [5, 5.41) is 0. The molecule has 166 valence electrons. The standard InChI is InChI=1S/C21H28N2O5.C2H2.2H2/c1-21(2,3)28-20(25)23-8-7-22-12-18(27-13-16(22)11-23)15-4-5-17-14(10-15)6-9-26-19(17)24;1-2;;/h4-5,10,16,18H,6-9,11-13H2,1-3H3;1-2H;2*1H/t16-,18?;;;/m0.../s1. The Bertz CT molecular complexity index is 824. The number of morpholine rings is 1. The number of nitrogens with zero attached hydrogens (tertiary/aromatic N) is 2. The number of fused-ring (bicyclic) bond motifs is 2. The molecule has 2 saturated heterocycles. The van der Waals surface area contributed by atoms with E-state index in [0.717, 1.165) is 30.6 Å². The van der Waals surface area contributed by atoms with Crippen molar-refractivity contribution in [1.29, 1.82) is 0 Å². The minimum Gasteiger partial charge on any atom is -0.462 e. The highest BCUT2D eigenvalue weighted by atomic mass is 16.6. The van der Waals surface area contributed by atoms with Crippen LogP contribution >= 0.6 is 0 Å². The third kappa shape index (κ3) is 4.94. The molecule has 3 aliphatic rings. The van der Waals surface area contributed by atoms with Crippen LogP contribution < -0.4 is 0 Å². The zero-order chi connectivity index (χ0) is 21.9. The number of amides is 1. The van der Waals surface area contributed by atoms with Crippen molar-refractivity contribution in [2.45, 2.75) is 44.9 Å². The highest BCUT2D eigenvalue weighted by Gasteiger charge is 2.37. The lowest BCUT2D eigenvalue weighted by molar-refractivity contribution is -0.0906. The van der Waals surface area contributed by atoms with Crippen LogP contribution in [-0.4, -0.2) is 72.9 Å². The van der Waals surface area contributed by atoms with Crippen LogP contribution in [0.5, 0.6) is 0 Å². The molecule has 1 unspecified atom stereocenters. The van der Waals surface area contributed by atoms with Gasteiger partial charge in [0.25, 0.3) is 0 Å². The molecule has 3 heterocycles. The molecule has 0 aromatic heterocycles. The Hall–Kier alpha value is -2.56. The minimum atomic E-state index is -0.485. The van der Waals surface area contributed by atoms with E-state index in [1.165, 1.54) is 0 Å². The SMILES string of the molecule is C#C.CC(C)(C)OC(=O)N1CCN2CC(c3ccc4c(c3)CCOC4=O)OC[C@@H]2C1.[HH].[HH]. The number of benzene rings is 1. The monoisotopic (exact) mass is 418 g/mol. The van der Waals surface area contributed by atoms with Crippen molar-refractivity contribution in [3.8, 4) is 12.8 Å². The van der Waals surface area contributed by atoms with Crippen molar-refractivity contribution < 1.29 is 26.7 Å². The maximum atomic E-state index is 12.3. The Balaban J connectivity index is 0.00000125. The van der Waals surface area contributed by atoms with Crippen molar-refractivity contribution in [3.05, 3.63) is 34.9 Å². The fourth-order valence-electron chi connectivity index (χ4n) is 4.03. The van der Waals surface area contributed by atoms with Crippen molar-refractivity contribution >= 4 is 12.1 Å². The average molecular weight is 419 g/mol. The molecule has 2 fully saturated rings. The van der Waals surface area contributed by atoms with E-state index >= 15 is 0 Å².